The molecular formula is C13H14O5. The standard InChI is InChI=1S/C13H14O5/c1-8-3-2-4-10(14)12(8)13(16)17-7-9-5-6-11(15)18-9/h2,4-6,8-9,14H,3,7H2,1H3. The van der Waals surface area contributed by atoms with Crippen molar-refractivity contribution in [1.29, 1.82) is 0 Å². The summed E-state index contributed by atoms with van der Waals surface area (Å²) < 4.78 is 9.87. The number of aliphatic hydroxyl groups excluding tert-OH is 1. The Hall–Kier alpha value is -2.04. The molecule has 0 saturated heterocycles. The van der Waals surface area contributed by atoms with E-state index in [2.05, 4.69) is 0 Å². The summed E-state index contributed by atoms with van der Waals surface area (Å²) in [5, 5.41) is 9.64. The molecular weight excluding hydrogens is 236 g/mol. The molecule has 2 atom stereocenters. The van der Waals surface area contributed by atoms with E-state index < -0.39 is 18.0 Å². The zero-order valence-corrected chi connectivity index (χ0v) is 9.96. The number of carbonyl (C=O) groups excluding carboxylic acids is 2. The highest BCUT2D eigenvalue weighted by atomic mass is 16.6. The van der Waals surface area contributed by atoms with Gasteiger partial charge in [-0.3, -0.25) is 0 Å². The lowest BCUT2D eigenvalue weighted by molar-refractivity contribution is -0.149. The lowest BCUT2D eigenvalue weighted by atomic mass is 9.92. The zero-order valence-electron chi connectivity index (χ0n) is 9.96. The summed E-state index contributed by atoms with van der Waals surface area (Å²) >= 11 is 0. The molecule has 1 aliphatic carbocycles. The molecule has 0 aromatic rings. The van der Waals surface area contributed by atoms with E-state index in [1.807, 2.05) is 6.92 Å². The number of rotatable bonds is 3. The number of ether oxygens (including phenoxy) is 2. The molecule has 0 bridgehead atoms. The Morgan fingerprint density at radius 2 is 2.33 bits per heavy atom. The molecule has 0 aromatic carbocycles. The van der Waals surface area contributed by atoms with Gasteiger partial charge in [0.2, 0.25) is 0 Å². The van der Waals surface area contributed by atoms with Crippen LogP contribution in [0, 0.1) is 5.92 Å². The van der Waals surface area contributed by atoms with E-state index in [-0.39, 0.29) is 23.9 Å². The van der Waals surface area contributed by atoms with Crippen molar-refractivity contribution in [1.82, 2.24) is 0 Å². The van der Waals surface area contributed by atoms with Crippen LogP contribution in [0.1, 0.15) is 13.3 Å². The van der Waals surface area contributed by atoms with Crippen LogP contribution in [0.2, 0.25) is 0 Å². The predicted octanol–water partition coefficient (Wildman–Crippen LogP) is 1.42. The van der Waals surface area contributed by atoms with Crippen LogP contribution >= 0.6 is 0 Å². The largest absolute Gasteiger partial charge is 0.507 e. The highest BCUT2D eigenvalue weighted by Crippen LogP contribution is 2.25. The molecule has 2 unspecified atom stereocenters. The summed E-state index contributed by atoms with van der Waals surface area (Å²) in [5.41, 5.74) is 0.269. The summed E-state index contributed by atoms with van der Waals surface area (Å²) in [6.07, 6.45) is 6.28. The van der Waals surface area contributed by atoms with Crippen LogP contribution in [0.5, 0.6) is 0 Å². The molecule has 96 valence electrons. The van der Waals surface area contributed by atoms with Crippen molar-refractivity contribution in [3.05, 3.63) is 35.6 Å². The maximum Gasteiger partial charge on any atom is 0.338 e. The first-order valence-electron chi connectivity index (χ1n) is 5.73. The van der Waals surface area contributed by atoms with Gasteiger partial charge in [0.05, 0.1) is 5.57 Å². The minimum Gasteiger partial charge on any atom is -0.507 e. The Labute approximate surface area is 104 Å². The number of hydrogen-bond acceptors (Lipinski definition) is 5. The number of carbonyl (C=O) groups is 2. The minimum atomic E-state index is -0.569. The van der Waals surface area contributed by atoms with Gasteiger partial charge in [-0.15, -0.1) is 0 Å². The molecule has 5 heteroatoms. The average molecular weight is 250 g/mol. The summed E-state index contributed by atoms with van der Waals surface area (Å²) in [4.78, 5) is 22.6. The molecule has 0 saturated carbocycles. The number of aliphatic hydroxyl groups is 1. The van der Waals surface area contributed by atoms with Gasteiger partial charge in [-0.25, -0.2) is 9.59 Å². The Morgan fingerprint density at radius 1 is 1.56 bits per heavy atom. The van der Waals surface area contributed by atoms with Gasteiger partial charge < -0.3 is 14.6 Å². The molecule has 0 radical (unpaired) electrons. The van der Waals surface area contributed by atoms with Crippen LogP contribution < -0.4 is 0 Å². The van der Waals surface area contributed by atoms with Crippen LogP contribution in [0.3, 0.4) is 0 Å². The van der Waals surface area contributed by atoms with Gasteiger partial charge in [-0.05, 0) is 24.5 Å². The van der Waals surface area contributed by atoms with Crippen LogP contribution in [0.15, 0.2) is 35.6 Å². The molecule has 5 nitrogen and oxygen atoms in total. The van der Waals surface area contributed by atoms with E-state index in [4.69, 9.17) is 9.47 Å². The lowest BCUT2D eigenvalue weighted by Crippen LogP contribution is -2.23. The Bertz CT molecular complexity index is 458. The molecule has 1 N–H and O–H groups in total. The first-order chi connectivity index (χ1) is 8.58. The van der Waals surface area contributed by atoms with E-state index in [1.165, 1.54) is 18.2 Å². The third-order valence-corrected chi connectivity index (χ3v) is 2.85. The quantitative estimate of drug-likeness (QED) is 0.767. The van der Waals surface area contributed by atoms with Crippen molar-refractivity contribution in [2.75, 3.05) is 6.61 Å². The second-order valence-electron chi connectivity index (χ2n) is 4.27. The topological polar surface area (TPSA) is 72.8 Å². The monoisotopic (exact) mass is 250 g/mol. The fourth-order valence-electron chi connectivity index (χ4n) is 1.89. The van der Waals surface area contributed by atoms with E-state index in [0.717, 1.165) is 0 Å². The molecule has 18 heavy (non-hydrogen) atoms. The van der Waals surface area contributed by atoms with Gasteiger partial charge in [0.1, 0.15) is 12.4 Å². The van der Waals surface area contributed by atoms with Crippen molar-refractivity contribution in [2.45, 2.75) is 19.4 Å². The second-order valence-corrected chi connectivity index (χ2v) is 4.27. The number of cyclic esters (lactones) is 1. The third kappa shape index (κ3) is 2.61. The minimum absolute atomic E-state index is 0.0334. The van der Waals surface area contributed by atoms with Crippen molar-refractivity contribution < 1.29 is 24.2 Å². The molecule has 0 fully saturated rings. The average Bonchev–Trinajstić information content (AvgIpc) is 2.72. The summed E-state index contributed by atoms with van der Waals surface area (Å²) in [5.74, 6) is -1.14. The number of hydrogen-bond donors (Lipinski definition) is 1. The smallest absolute Gasteiger partial charge is 0.338 e. The SMILES string of the molecule is CC1CC=CC(O)=C1C(=O)OCC1C=CC(=O)O1. The van der Waals surface area contributed by atoms with Crippen LogP contribution in [-0.2, 0) is 19.1 Å². The summed E-state index contributed by atoms with van der Waals surface area (Å²) in [6, 6.07) is 0. The zero-order chi connectivity index (χ0) is 13.1. The van der Waals surface area contributed by atoms with Gasteiger partial charge in [0.15, 0.2) is 6.10 Å². The maximum absolute atomic E-state index is 11.8. The van der Waals surface area contributed by atoms with E-state index in [1.54, 1.807) is 6.08 Å². The van der Waals surface area contributed by atoms with Gasteiger partial charge in [0, 0.05) is 6.08 Å². The van der Waals surface area contributed by atoms with Crippen molar-refractivity contribution in [3.63, 3.8) is 0 Å². The molecule has 2 rings (SSSR count). The molecule has 1 aliphatic heterocycles. The van der Waals surface area contributed by atoms with Crippen molar-refractivity contribution >= 4 is 11.9 Å². The van der Waals surface area contributed by atoms with Gasteiger partial charge >= 0.3 is 11.9 Å². The first kappa shape index (κ1) is 12.4. The maximum atomic E-state index is 11.8. The molecule has 0 spiro atoms. The summed E-state index contributed by atoms with van der Waals surface area (Å²) in [7, 11) is 0. The lowest BCUT2D eigenvalue weighted by Gasteiger charge is -2.18. The molecule has 2 aliphatic rings. The fraction of sp³-hybridized carbons (Fsp3) is 0.385. The van der Waals surface area contributed by atoms with Gasteiger partial charge in [0.25, 0.3) is 0 Å². The third-order valence-electron chi connectivity index (χ3n) is 2.85. The van der Waals surface area contributed by atoms with Crippen LogP contribution in [0.4, 0.5) is 0 Å². The van der Waals surface area contributed by atoms with Crippen LogP contribution in [0.25, 0.3) is 0 Å². The molecule has 0 amide bonds. The Morgan fingerprint density at radius 3 is 2.94 bits per heavy atom. The van der Waals surface area contributed by atoms with E-state index in [0.29, 0.717) is 6.42 Å². The predicted molar refractivity (Wildman–Crippen MR) is 62.6 cm³/mol. The van der Waals surface area contributed by atoms with E-state index >= 15 is 0 Å². The second kappa shape index (κ2) is 5.08. The first-order valence-corrected chi connectivity index (χ1v) is 5.73. The van der Waals surface area contributed by atoms with Crippen molar-refractivity contribution in [3.8, 4) is 0 Å². The van der Waals surface area contributed by atoms with Gasteiger partial charge in [-0.1, -0.05) is 13.0 Å². The van der Waals surface area contributed by atoms with Crippen molar-refractivity contribution in [2.24, 2.45) is 5.92 Å². The highest BCUT2D eigenvalue weighted by molar-refractivity contribution is 5.90. The fourth-order valence-corrected chi connectivity index (χ4v) is 1.89. The Balaban J connectivity index is 1.94. The number of allylic oxidation sites excluding steroid dienone is 2. The molecule has 1 heterocycles. The van der Waals surface area contributed by atoms with E-state index in [9.17, 15) is 14.7 Å². The Kier molecular flexibility index (Phi) is 3.50. The van der Waals surface area contributed by atoms with Gasteiger partial charge in [-0.2, -0.15) is 0 Å². The number of esters is 2. The highest BCUT2D eigenvalue weighted by Gasteiger charge is 2.26. The van der Waals surface area contributed by atoms with Crippen LogP contribution in [-0.4, -0.2) is 29.8 Å². The molecule has 0 aromatic heterocycles. The summed E-state index contributed by atoms with van der Waals surface area (Å²) in [6.45, 7) is 1.81. The normalized spacial score (nSPS) is 26.4.